The summed E-state index contributed by atoms with van der Waals surface area (Å²) in [5, 5.41) is 5.48. The van der Waals surface area contributed by atoms with Gasteiger partial charge in [-0.05, 0) is 30.7 Å². The molecule has 1 aromatic carbocycles. The molecule has 25 heavy (non-hydrogen) atoms. The van der Waals surface area contributed by atoms with E-state index >= 15 is 0 Å². The highest BCUT2D eigenvalue weighted by Gasteiger charge is 2.46. The Balaban J connectivity index is 1.59. The lowest BCUT2D eigenvalue weighted by Gasteiger charge is -2.21. The van der Waals surface area contributed by atoms with Crippen LogP contribution in [-0.4, -0.2) is 34.5 Å². The van der Waals surface area contributed by atoms with Crippen LogP contribution in [0.4, 0.5) is 16.3 Å². The predicted molar refractivity (Wildman–Crippen MR) is 92.3 cm³/mol. The number of nitrogens with one attached hydrogen (secondary N) is 2. The number of ether oxygens (including phenoxy) is 1. The smallest absolute Gasteiger partial charge is 0.324 e. The van der Waals surface area contributed by atoms with Crippen LogP contribution in [0.3, 0.4) is 0 Å². The zero-order valence-electron chi connectivity index (χ0n) is 13.7. The third-order valence-electron chi connectivity index (χ3n) is 4.54. The molecule has 2 aromatic rings. The molecule has 128 valence electrons. The number of benzene rings is 1. The number of amides is 3. The van der Waals surface area contributed by atoms with Gasteiger partial charge in [0.1, 0.15) is 5.82 Å². The van der Waals surface area contributed by atoms with Crippen molar-refractivity contribution in [1.29, 1.82) is 0 Å². The lowest BCUT2D eigenvalue weighted by atomic mass is 10.1. The van der Waals surface area contributed by atoms with Gasteiger partial charge in [-0.25, -0.2) is 9.78 Å². The summed E-state index contributed by atoms with van der Waals surface area (Å²) in [5.41, 5.74) is 1.88. The first-order chi connectivity index (χ1) is 12.2. The highest BCUT2D eigenvalue weighted by Crippen LogP contribution is 2.44. The summed E-state index contributed by atoms with van der Waals surface area (Å²) in [6.07, 6.45) is 2.00. The molecule has 0 bridgehead atoms. The highest BCUT2D eigenvalue weighted by atomic mass is 16.5. The molecule has 2 atom stereocenters. The van der Waals surface area contributed by atoms with Gasteiger partial charge in [-0.2, -0.15) is 0 Å². The molecule has 7 heteroatoms. The summed E-state index contributed by atoms with van der Waals surface area (Å²) in [6.45, 7) is 2.55. The van der Waals surface area contributed by atoms with Gasteiger partial charge in [-0.15, -0.1) is 0 Å². The molecule has 0 radical (unpaired) electrons. The number of carbonyl (C=O) groups is 2. The summed E-state index contributed by atoms with van der Waals surface area (Å²) < 4.78 is 5.84. The molecule has 2 aliphatic rings. The number of anilines is 2. The standard InChI is InChI=1S/C18H18N4O3/c1-2-11-10-25-17-15-12(16(23)22(11)17)6-5-7-13(15)20-18(24)21-14-8-3-4-9-19-14/h3-9,11,17H,2,10H2,1H3,(H2,19,20,21,24). The lowest BCUT2D eigenvalue weighted by molar-refractivity contribution is 0.0355. The number of fused-ring (bicyclic) bond motifs is 3. The Morgan fingerprint density at radius 2 is 2.16 bits per heavy atom. The summed E-state index contributed by atoms with van der Waals surface area (Å²) in [4.78, 5) is 30.8. The van der Waals surface area contributed by atoms with Crippen LogP contribution in [0.15, 0.2) is 42.6 Å². The summed E-state index contributed by atoms with van der Waals surface area (Å²) in [5.74, 6) is 0.409. The normalized spacial score (nSPS) is 21.0. The van der Waals surface area contributed by atoms with Crippen molar-refractivity contribution in [3.05, 3.63) is 53.7 Å². The predicted octanol–water partition coefficient (Wildman–Crippen LogP) is 2.99. The Morgan fingerprint density at radius 1 is 1.28 bits per heavy atom. The minimum atomic E-state index is -0.432. The molecule has 0 saturated carbocycles. The number of carbonyl (C=O) groups excluding carboxylic acids is 2. The number of rotatable bonds is 3. The summed E-state index contributed by atoms with van der Waals surface area (Å²) in [7, 11) is 0. The molecule has 0 spiro atoms. The van der Waals surface area contributed by atoms with Crippen LogP contribution in [0.5, 0.6) is 0 Å². The minimum Gasteiger partial charge on any atom is -0.352 e. The quantitative estimate of drug-likeness (QED) is 0.901. The van der Waals surface area contributed by atoms with Gasteiger partial charge in [0.05, 0.1) is 18.3 Å². The zero-order valence-corrected chi connectivity index (χ0v) is 13.7. The molecule has 2 unspecified atom stereocenters. The van der Waals surface area contributed by atoms with Crippen molar-refractivity contribution in [1.82, 2.24) is 9.88 Å². The molecule has 2 aliphatic heterocycles. The van der Waals surface area contributed by atoms with Crippen molar-refractivity contribution in [3.8, 4) is 0 Å². The topological polar surface area (TPSA) is 83.6 Å². The van der Waals surface area contributed by atoms with Gasteiger partial charge in [0.25, 0.3) is 5.91 Å². The van der Waals surface area contributed by atoms with E-state index in [0.29, 0.717) is 23.7 Å². The maximum absolute atomic E-state index is 12.7. The van der Waals surface area contributed by atoms with Crippen molar-refractivity contribution in [2.45, 2.75) is 25.6 Å². The Morgan fingerprint density at radius 3 is 2.92 bits per heavy atom. The largest absolute Gasteiger partial charge is 0.352 e. The summed E-state index contributed by atoms with van der Waals surface area (Å²) >= 11 is 0. The third-order valence-corrected chi connectivity index (χ3v) is 4.54. The fraction of sp³-hybridized carbons (Fsp3) is 0.278. The molecule has 3 heterocycles. The maximum Gasteiger partial charge on any atom is 0.324 e. The monoisotopic (exact) mass is 338 g/mol. The van der Waals surface area contributed by atoms with Crippen LogP contribution >= 0.6 is 0 Å². The van der Waals surface area contributed by atoms with Gasteiger partial charge < -0.3 is 15.0 Å². The molecule has 2 N–H and O–H groups in total. The van der Waals surface area contributed by atoms with Crippen molar-refractivity contribution in [3.63, 3.8) is 0 Å². The molecule has 1 saturated heterocycles. The van der Waals surface area contributed by atoms with Crippen molar-refractivity contribution < 1.29 is 14.3 Å². The van der Waals surface area contributed by atoms with Gasteiger partial charge in [0, 0.05) is 17.3 Å². The second-order valence-electron chi connectivity index (χ2n) is 6.02. The van der Waals surface area contributed by atoms with E-state index in [2.05, 4.69) is 15.6 Å². The maximum atomic E-state index is 12.7. The van der Waals surface area contributed by atoms with Crippen LogP contribution in [0, 0.1) is 0 Å². The molecule has 3 amide bonds. The first-order valence-electron chi connectivity index (χ1n) is 8.25. The molecular formula is C18H18N4O3. The van der Waals surface area contributed by atoms with E-state index in [1.54, 1.807) is 47.5 Å². The van der Waals surface area contributed by atoms with E-state index in [1.807, 2.05) is 6.92 Å². The number of hydrogen-bond donors (Lipinski definition) is 2. The molecule has 1 fully saturated rings. The fourth-order valence-electron chi connectivity index (χ4n) is 3.34. The van der Waals surface area contributed by atoms with E-state index in [0.717, 1.165) is 12.0 Å². The van der Waals surface area contributed by atoms with E-state index in [4.69, 9.17) is 4.74 Å². The van der Waals surface area contributed by atoms with E-state index in [9.17, 15) is 9.59 Å². The highest BCUT2D eigenvalue weighted by molar-refractivity contribution is 6.04. The average Bonchev–Trinajstić information content (AvgIpc) is 3.16. The van der Waals surface area contributed by atoms with Crippen molar-refractivity contribution in [2.75, 3.05) is 17.2 Å². The van der Waals surface area contributed by atoms with Crippen LogP contribution in [0.25, 0.3) is 0 Å². The number of urea groups is 1. The SMILES string of the molecule is CCC1COC2c3c(NC(=O)Nc4ccccn4)cccc3C(=O)N12. The Bertz CT molecular complexity index is 824. The second kappa shape index (κ2) is 6.18. The van der Waals surface area contributed by atoms with Crippen molar-refractivity contribution in [2.24, 2.45) is 0 Å². The molecule has 4 rings (SSSR count). The first-order valence-corrected chi connectivity index (χ1v) is 8.25. The van der Waals surface area contributed by atoms with Crippen LogP contribution in [-0.2, 0) is 4.74 Å². The molecular weight excluding hydrogens is 320 g/mol. The minimum absolute atomic E-state index is 0.0434. The molecule has 1 aromatic heterocycles. The Kier molecular flexibility index (Phi) is 3.85. The van der Waals surface area contributed by atoms with Gasteiger partial charge in [-0.1, -0.05) is 19.1 Å². The number of aromatic nitrogens is 1. The molecule has 0 aliphatic carbocycles. The third kappa shape index (κ3) is 2.62. The average molecular weight is 338 g/mol. The first kappa shape index (κ1) is 15.6. The number of pyridine rings is 1. The fourth-order valence-corrected chi connectivity index (χ4v) is 3.34. The number of hydrogen-bond acceptors (Lipinski definition) is 4. The van der Waals surface area contributed by atoms with E-state index < -0.39 is 12.3 Å². The van der Waals surface area contributed by atoms with E-state index in [-0.39, 0.29) is 11.9 Å². The van der Waals surface area contributed by atoms with E-state index in [1.165, 1.54) is 0 Å². The molecule has 7 nitrogen and oxygen atoms in total. The van der Waals surface area contributed by atoms with Crippen LogP contribution in [0.2, 0.25) is 0 Å². The van der Waals surface area contributed by atoms with Gasteiger partial charge in [0.2, 0.25) is 0 Å². The number of nitrogens with zero attached hydrogens (tertiary/aromatic N) is 2. The van der Waals surface area contributed by atoms with Crippen LogP contribution in [0.1, 0.15) is 35.5 Å². The second-order valence-corrected chi connectivity index (χ2v) is 6.02. The lowest BCUT2D eigenvalue weighted by Crippen LogP contribution is -2.33. The van der Waals surface area contributed by atoms with Crippen molar-refractivity contribution >= 4 is 23.4 Å². The summed E-state index contributed by atoms with van der Waals surface area (Å²) in [6, 6.07) is 10.2. The zero-order chi connectivity index (χ0) is 17.4. The van der Waals surface area contributed by atoms with Gasteiger partial charge in [-0.3, -0.25) is 10.1 Å². The van der Waals surface area contributed by atoms with Crippen LogP contribution < -0.4 is 10.6 Å². The van der Waals surface area contributed by atoms with Gasteiger partial charge >= 0.3 is 6.03 Å². The Hall–Kier alpha value is -2.93. The van der Waals surface area contributed by atoms with Gasteiger partial charge in [0.15, 0.2) is 6.23 Å². The Labute approximate surface area is 145 Å².